The van der Waals surface area contributed by atoms with Crippen molar-refractivity contribution in [2.45, 2.75) is 45.1 Å². The Morgan fingerprint density at radius 3 is 2.60 bits per heavy atom. The molecule has 5 nitrogen and oxygen atoms in total. The van der Waals surface area contributed by atoms with Crippen molar-refractivity contribution >= 4 is 28.7 Å². The van der Waals surface area contributed by atoms with Gasteiger partial charge in [-0.1, -0.05) is 56.2 Å². The van der Waals surface area contributed by atoms with Gasteiger partial charge in [0.1, 0.15) is 17.5 Å². The molecule has 0 unspecified atom stereocenters. The molecule has 1 aromatic heterocycles. The first-order valence-corrected chi connectivity index (χ1v) is 9.00. The number of rotatable bonds is 4. The molecule has 0 bridgehead atoms. The van der Waals surface area contributed by atoms with Gasteiger partial charge < -0.3 is 5.73 Å². The number of nitriles is 1. The van der Waals surface area contributed by atoms with Crippen molar-refractivity contribution in [3.8, 4) is 6.07 Å². The molecule has 0 spiro atoms. The summed E-state index contributed by atoms with van der Waals surface area (Å²) in [6.07, 6.45) is 6.89. The monoisotopic (exact) mass is 351 g/mol. The van der Waals surface area contributed by atoms with Crippen LogP contribution in [0.2, 0.25) is 0 Å². The molecule has 0 amide bonds. The molecule has 128 valence electrons. The largest absolute Gasteiger partial charge is 0.382 e. The van der Waals surface area contributed by atoms with E-state index in [-0.39, 0.29) is 11.9 Å². The molecule has 1 aliphatic rings. The van der Waals surface area contributed by atoms with E-state index in [1.54, 1.807) is 0 Å². The predicted molar refractivity (Wildman–Crippen MR) is 104 cm³/mol. The maximum atomic E-state index is 9.16. The number of anilines is 1. The lowest BCUT2D eigenvalue weighted by atomic mass is 10.1. The van der Waals surface area contributed by atoms with Crippen molar-refractivity contribution < 1.29 is 0 Å². The van der Waals surface area contributed by atoms with E-state index < -0.39 is 0 Å². The van der Waals surface area contributed by atoms with Crippen molar-refractivity contribution in [3.63, 3.8) is 0 Å². The molecule has 0 aliphatic heterocycles. The Balaban J connectivity index is 2.02. The van der Waals surface area contributed by atoms with Crippen LogP contribution in [0.15, 0.2) is 35.5 Å². The number of hydrogen-bond acceptors (Lipinski definition) is 5. The van der Waals surface area contributed by atoms with Gasteiger partial charge in [0, 0.05) is 0 Å². The zero-order valence-electron chi connectivity index (χ0n) is 14.3. The Kier molecular flexibility index (Phi) is 5.25. The van der Waals surface area contributed by atoms with Crippen molar-refractivity contribution in [3.05, 3.63) is 47.2 Å². The second-order valence-electron chi connectivity index (χ2n) is 6.24. The van der Waals surface area contributed by atoms with Crippen molar-refractivity contribution in [2.24, 2.45) is 4.99 Å². The second kappa shape index (κ2) is 7.58. The SMILES string of the molecule is CCc1ccc(C(=S)C(=NC2CCCC2)n2ncc(C#N)c2N)cc1. The van der Waals surface area contributed by atoms with E-state index in [4.69, 9.17) is 28.2 Å². The van der Waals surface area contributed by atoms with Crippen LogP contribution >= 0.6 is 12.2 Å². The lowest BCUT2D eigenvalue weighted by Crippen LogP contribution is -2.26. The number of thiocarbonyl (C=S) groups is 1. The summed E-state index contributed by atoms with van der Waals surface area (Å²) in [5.41, 5.74) is 8.59. The molecule has 6 heteroatoms. The molecule has 0 atom stereocenters. The highest BCUT2D eigenvalue weighted by Gasteiger charge is 2.21. The van der Waals surface area contributed by atoms with Gasteiger partial charge in [-0.05, 0) is 30.4 Å². The van der Waals surface area contributed by atoms with Crippen LogP contribution in [0, 0.1) is 11.3 Å². The van der Waals surface area contributed by atoms with Crippen LogP contribution in [0.5, 0.6) is 0 Å². The van der Waals surface area contributed by atoms with Crippen LogP contribution in [0.1, 0.15) is 49.3 Å². The first-order valence-electron chi connectivity index (χ1n) is 8.59. The lowest BCUT2D eigenvalue weighted by Gasteiger charge is -2.13. The molecule has 0 radical (unpaired) electrons. The van der Waals surface area contributed by atoms with Crippen LogP contribution in [-0.4, -0.2) is 26.5 Å². The van der Waals surface area contributed by atoms with Gasteiger partial charge in [-0.3, -0.25) is 4.99 Å². The highest BCUT2D eigenvalue weighted by molar-refractivity contribution is 7.82. The van der Waals surface area contributed by atoms with Gasteiger partial charge in [-0.25, -0.2) is 0 Å². The molecule has 0 saturated heterocycles. The second-order valence-corrected chi connectivity index (χ2v) is 6.65. The maximum Gasteiger partial charge on any atom is 0.170 e. The number of aromatic nitrogens is 2. The molecule has 2 aromatic rings. The topological polar surface area (TPSA) is 80.0 Å². The Labute approximate surface area is 153 Å². The number of nitrogens with zero attached hydrogens (tertiary/aromatic N) is 4. The predicted octanol–water partition coefficient (Wildman–Crippen LogP) is 3.51. The maximum absolute atomic E-state index is 9.16. The molecular formula is C19H21N5S. The number of nitrogen functional groups attached to an aromatic ring is 1. The number of aliphatic imine (C=N–C) groups is 1. The zero-order valence-corrected chi connectivity index (χ0v) is 15.1. The first-order chi connectivity index (χ1) is 12.1. The fraction of sp³-hybridized carbons (Fsp3) is 0.368. The van der Waals surface area contributed by atoms with Gasteiger partial charge in [0.15, 0.2) is 5.84 Å². The van der Waals surface area contributed by atoms with Crippen molar-refractivity contribution in [2.75, 3.05) is 5.73 Å². The summed E-state index contributed by atoms with van der Waals surface area (Å²) in [4.78, 5) is 5.47. The first kappa shape index (κ1) is 17.3. The summed E-state index contributed by atoms with van der Waals surface area (Å²) >= 11 is 5.71. The number of benzene rings is 1. The summed E-state index contributed by atoms with van der Waals surface area (Å²) in [5, 5.41) is 13.4. The van der Waals surface area contributed by atoms with E-state index in [0.717, 1.165) is 24.8 Å². The quantitative estimate of drug-likeness (QED) is 0.396. The third-order valence-corrected chi connectivity index (χ3v) is 5.00. The number of hydrogen-bond donors (Lipinski definition) is 1. The summed E-state index contributed by atoms with van der Waals surface area (Å²) in [7, 11) is 0. The van der Waals surface area contributed by atoms with Gasteiger partial charge in [-0.15, -0.1) is 0 Å². The Morgan fingerprint density at radius 2 is 2.04 bits per heavy atom. The van der Waals surface area contributed by atoms with Gasteiger partial charge in [0.25, 0.3) is 0 Å². The zero-order chi connectivity index (χ0) is 17.8. The third-order valence-electron chi connectivity index (χ3n) is 4.58. The van der Waals surface area contributed by atoms with E-state index in [0.29, 0.717) is 16.3 Å². The van der Waals surface area contributed by atoms with Gasteiger partial charge in [0.2, 0.25) is 0 Å². The lowest BCUT2D eigenvalue weighted by molar-refractivity contribution is 0.701. The average molecular weight is 351 g/mol. The molecule has 1 aliphatic carbocycles. The molecule has 1 heterocycles. The highest BCUT2D eigenvalue weighted by atomic mass is 32.1. The third kappa shape index (κ3) is 3.62. The summed E-state index contributed by atoms with van der Waals surface area (Å²) in [5.74, 6) is 0.844. The Morgan fingerprint density at radius 1 is 1.36 bits per heavy atom. The fourth-order valence-corrected chi connectivity index (χ4v) is 3.32. The van der Waals surface area contributed by atoms with Gasteiger partial charge >= 0.3 is 0 Å². The van der Waals surface area contributed by atoms with Crippen LogP contribution in [0.4, 0.5) is 5.82 Å². The number of nitrogens with two attached hydrogens (primary N) is 1. The smallest absolute Gasteiger partial charge is 0.170 e. The Bertz CT molecular complexity index is 836. The molecule has 3 rings (SSSR count). The standard InChI is InChI=1S/C19H21N5S/c1-2-13-7-9-14(10-8-13)17(25)19(23-16-5-3-4-6-16)24-18(21)15(11-20)12-22-24/h7-10,12,16H,2-6,21H2,1H3. The minimum absolute atomic E-state index is 0.233. The summed E-state index contributed by atoms with van der Waals surface area (Å²) < 4.78 is 1.51. The van der Waals surface area contributed by atoms with Crippen LogP contribution < -0.4 is 5.73 Å². The minimum Gasteiger partial charge on any atom is -0.382 e. The minimum atomic E-state index is 0.233. The van der Waals surface area contributed by atoms with Crippen LogP contribution in [0.3, 0.4) is 0 Å². The van der Waals surface area contributed by atoms with E-state index in [1.165, 1.54) is 29.3 Å². The molecule has 2 N–H and O–H groups in total. The molecular weight excluding hydrogens is 330 g/mol. The van der Waals surface area contributed by atoms with E-state index in [2.05, 4.69) is 30.2 Å². The van der Waals surface area contributed by atoms with Crippen LogP contribution in [0.25, 0.3) is 0 Å². The molecule has 1 aromatic carbocycles. The molecule has 25 heavy (non-hydrogen) atoms. The average Bonchev–Trinajstić information content (AvgIpc) is 3.28. The van der Waals surface area contributed by atoms with E-state index in [1.807, 2.05) is 12.1 Å². The Hall–Kier alpha value is -2.52. The highest BCUT2D eigenvalue weighted by Crippen LogP contribution is 2.23. The van der Waals surface area contributed by atoms with E-state index in [9.17, 15) is 0 Å². The number of aryl methyl sites for hydroxylation is 1. The van der Waals surface area contributed by atoms with E-state index >= 15 is 0 Å². The summed E-state index contributed by atoms with van der Waals surface area (Å²) in [6, 6.07) is 10.4. The van der Waals surface area contributed by atoms with Crippen molar-refractivity contribution in [1.29, 1.82) is 5.26 Å². The van der Waals surface area contributed by atoms with Crippen LogP contribution in [-0.2, 0) is 6.42 Å². The van der Waals surface area contributed by atoms with Crippen molar-refractivity contribution in [1.82, 2.24) is 9.78 Å². The summed E-state index contributed by atoms with van der Waals surface area (Å²) in [6.45, 7) is 2.12. The fourth-order valence-electron chi connectivity index (χ4n) is 3.05. The molecule has 1 fully saturated rings. The van der Waals surface area contributed by atoms with Gasteiger partial charge in [0.05, 0.1) is 17.1 Å². The van der Waals surface area contributed by atoms with Gasteiger partial charge in [-0.2, -0.15) is 15.0 Å². The normalized spacial score (nSPS) is 15.3. The molecule has 1 saturated carbocycles.